The highest BCUT2D eigenvalue weighted by atomic mass is 35.5. The van der Waals surface area contributed by atoms with Gasteiger partial charge in [-0.25, -0.2) is 0 Å². The van der Waals surface area contributed by atoms with Crippen LogP contribution in [0.3, 0.4) is 0 Å². The third-order valence-electron chi connectivity index (χ3n) is 4.04. The van der Waals surface area contributed by atoms with Crippen molar-refractivity contribution in [2.75, 3.05) is 33.8 Å². The number of halogens is 1. The molecule has 1 atom stereocenters. The van der Waals surface area contributed by atoms with Crippen molar-refractivity contribution >= 4 is 34.7 Å². The predicted molar refractivity (Wildman–Crippen MR) is 112 cm³/mol. The Morgan fingerprint density at radius 1 is 0.967 bits per heavy atom. The molecular weight excluding hydrogens is 414 g/mol. The molecule has 2 aromatic carbocycles. The van der Waals surface area contributed by atoms with Gasteiger partial charge in [0.25, 0.3) is 5.91 Å². The molecule has 0 heterocycles. The maximum Gasteiger partial charge on any atom is 0.258 e. The van der Waals surface area contributed by atoms with Crippen molar-refractivity contribution in [3.8, 4) is 23.0 Å². The number of ether oxygens (including phenoxy) is 4. The van der Waals surface area contributed by atoms with Gasteiger partial charge in [0.1, 0.15) is 28.7 Å². The van der Waals surface area contributed by atoms with Gasteiger partial charge in [0.05, 0.1) is 33.5 Å². The van der Waals surface area contributed by atoms with Crippen molar-refractivity contribution in [1.82, 2.24) is 0 Å². The van der Waals surface area contributed by atoms with Crippen LogP contribution < -0.4 is 24.3 Å². The second-order valence-corrected chi connectivity index (χ2v) is 6.32. The summed E-state index contributed by atoms with van der Waals surface area (Å²) in [6.07, 6.45) is 0. The summed E-state index contributed by atoms with van der Waals surface area (Å²) in [6.45, 7) is 1.23. The van der Waals surface area contributed by atoms with Crippen LogP contribution in [0, 0.1) is 0 Å². The zero-order valence-corrected chi connectivity index (χ0v) is 17.9. The Kier molecular flexibility index (Phi) is 7.99. The first-order valence-electron chi connectivity index (χ1n) is 8.70. The molecule has 0 aliphatic rings. The lowest BCUT2D eigenvalue weighted by Crippen LogP contribution is -2.32. The maximum absolute atomic E-state index is 12.8. The minimum absolute atomic E-state index is 0.171. The number of rotatable bonds is 9. The van der Waals surface area contributed by atoms with Gasteiger partial charge in [-0.15, -0.1) is 5.11 Å². The lowest BCUT2D eigenvalue weighted by atomic mass is 10.2. The maximum atomic E-state index is 12.8. The first-order chi connectivity index (χ1) is 14.4. The zero-order valence-electron chi connectivity index (χ0n) is 17.2. The minimum atomic E-state index is -1.43. The normalized spacial score (nSPS) is 11.7. The van der Waals surface area contributed by atoms with Crippen LogP contribution >= 0.6 is 11.6 Å². The third kappa shape index (κ3) is 5.18. The SMILES string of the molecule is COc1cc(Cl)c(NC(=O)C(N=Nc2c(OC)cccc2OC)C(C)=O)c(OC)c1. The molecule has 0 saturated heterocycles. The fourth-order valence-corrected chi connectivity index (χ4v) is 2.76. The van der Waals surface area contributed by atoms with Crippen molar-refractivity contribution in [3.05, 3.63) is 35.4 Å². The highest BCUT2D eigenvalue weighted by molar-refractivity contribution is 6.34. The molecule has 2 aromatic rings. The molecule has 30 heavy (non-hydrogen) atoms. The molecule has 0 saturated carbocycles. The van der Waals surface area contributed by atoms with Crippen LogP contribution in [0.2, 0.25) is 5.02 Å². The van der Waals surface area contributed by atoms with Crippen molar-refractivity contribution in [2.24, 2.45) is 10.2 Å². The van der Waals surface area contributed by atoms with Crippen molar-refractivity contribution in [3.63, 3.8) is 0 Å². The minimum Gasteiger partial charge on any atom is -0.497 e. The number of amides is 1. The van der Waals surface area contributed by atoms with E-state index in [0.29, 0.717) is 17.2 Å². The van der Waals surface area contributed by atoms with Crippen LogP contribution in [-0.4, -0.2) is 46.2 Å². The molecule has 0 fully saturated rings. The Hall–Kier alpha value is -3.33. The number of nitrogens with zero attached hydrogens (tertiary/aromatic N) is 2. The molecule has 0 bridgehead atoms. The summed E-state index contributed by atoms with van der Waals surface area (Å²) < 4.78 is 20.9. The number of Topliss-reactive ketones (excluding diaryl/α,β-unsaturated/α-hetero) is 1. The molecule has 0 aliphatic heterocycles. The molecule has 0 aliphatic carbocycles. The molecular formula is C20H22ClN3O6. The summed E-state index contributed by atoms with van der Waals surface area (Å²) in [5.41, 5.74) is 0.433. The number of carbonyl (C=O) groups is 2. The summed E-state index contributed by atoms with van der Waals surface area (Å²) in [5.74, 6) is 0.208. The number of benzene rings is 2. The van der Waals surface area contributed by atoms with E-state index in [1.807, 2.05) is 0 Å². The topological polar surface area (TPSA) is 108 Å². The van der Waals surface area contributed by atoms with Gasteiger partial charge in [-0.2, -0.15) is 5.11 Å². The van der Waals surface area contributed by atoms with E-state index in [1.54, 1.807) is 24.3 Å². The number of carbonyl (C=O) groups excluding carboxylic acids is 2. The average molecular weight is 436 g/mol. The van der Waals surface area contributed by atoms with Gasteiger partial charge < -0.3 is 24.3 Å². The van der Waals surface area contributed by atoms with Crippen LogP contribution in [0.15, 0.2) is 40.6 Å². The monoisotopic (exact) mass is 435 g/mol. The second-order valence-electron chi connectivity index (χ2n) is 5.92. The second kappa shape index (κ2) is 10.4. The molecule has 1 amide bonds. The predicted octanol–water partition coefficient (Wildman–Crippen LogP) is 4.05. The van der Waals surface area contributed by atoms with E-state index in [1.165, 1.54) is 41.4 Å². The first kappa shape index (κ1) is 23.0. The number of hydrogen-bond donors (Lipinski definition) is 1. The van der Waals surface area contributed by atoms with Crippen LogP contribution in [-0.2, 0) is 9.59 Å². The highest BCUT2D eigenvalue weighted by Gasteiger charge is 2.26. The van der Waals surface area contributed by atoms with Crippen molar-refractivity contribution in [1.29, 1.82) is 0 Å². The smallest absolute Gasteiger partial charge is 0.258 e. The molecule has 0 aromatic heterocycles. The third-order valence-corrected chi connectivity index (χ3v) is 4.34. The highest BCUT2D eigenvalue weighted by Crippen LogP contribution is 2.38. The van der Waals surface area contributed by atoms with Crippen molar-refractivity contribution < 1.29 is 28.5 Å². The van der Waals surface area contributed by atoms with Crippen LogP contribution in [0.25, 0.3) is 0 Å². The summed E-state index contributed by atoms with van der Waals surface area (Å²) in [4.78, 5) is 24.8. The Morgan fingerprint density at radius 3 is 2.07 bits per heavy atom. The van der Waals surface area contributed by atoms with Gasteiger partial charge in [0.2, 0.25) is 6.04 Å². The van der Waals surface area contributed by atoms with Crippen molar-refractivity contribution in [2.45, 2.75) is 13.0 Å². The van der Waals surface area contributed by atoms with Gasteiger partial charge in [-0.3, -0.25) is 9.59 Å². The Labute approximate surface area is 178 Å². The molecule has 0 radical (unpaired) electrons. The van der Waals surface area contributed by atoms with Gasteiger partial charge in [0.15, 0.2) is 11.5 Å². The quantitative estimate of drug-likeness (QED) is 0.470. The van der Waals surface area contributed by atoms with E-state index in [0.717, 1.165) is 0 Å². The Morgan fingerprint density at radius 2 is 1.57 bits per heavy atom. The fourth-order valence-electron chi connectivity index (χ4n) is 2.51. The van der Waals surface area contributed by atoms with Gasteiger partial charge in [0, 0.05) is 12.1 Å². The fraction of sp³-hybridized carbons (Fsp3) is 0.300. The lowest BCUT2D eigenvalue weighted by Gasteiger charge is -2.15. The molecule has 160 valence electrons. The van der Waals surface area contributed by atoms with E-state index >= 15 is 0 Å². The summed E-state index contributed by atoms with van der Waals surface area (Å²) in [6, 6.07) is 6.64. The molecule has 1 unspecified atom stereocenters. The summed E-state index contributed by atoms with van der Waals surface area (Å²) >= 11 is 6.23. The number of methoxy groups -OCH3 is 4. The Balaban J connectivity index is 2.36. The van der Waals surface area contributed by atoms with E-state index < -0.39 is 17.7 Å². The first-order valence-corrected chi connectivity index (χ1v) is 9.08. The van der Waals surface area contributed by atoms with Gasteiger partial charge >= 0.3 is 0 Å². The van der Waals surface area contributed by atoms with E-state index in [9.17, 15) is 9.59 Å². The van der Waals surface area contributed by atoms with Crippen LogP contribution in [0.1, 0.15) is 6.92 Å². The largest absolute Gasteiger partial charge is 0.497 e. The van der Waals surface area contributed by atoms with E-state index in [4.69, 9.17) is 30.5 Å². The number of azo groups is 1. The number of anilines is 1. The zero-order chi connectivity index (χ0) is 22.3. The standard InChI is InChI=1S/C20H22ClN3O6/c1-11(25)17(23-24-19-14(28-3)7-6-8-15(19)29-4)20(26)22-18-13(21)9-12(27-2)10-16(18)30-5/h6-10,17H,1-5H3,(H,22,26). The van der Waals surface area contributed by atoms with E-state index in [-0.39, 0.29) is 22.1 Å². The van der Waals surface area contributed by atoms with Crippen LogP contribution in [0.4, 0.5) is 11.4 Å². The van der Waals surface area contributed by atoms with Gasteiger partial charge in [-0.05, 0) is 19.1 Å². The number of hydrogen-bond acceptors (Lipinski definition) is 8. The molecule has 0 spiro atoms. The summed E-state index contributed by atoms with van der Waals surface area (Å²) in [5, 5.41) is 10.7. The molecule has 10 heteroatoms. The van der Waals surface area contributed by atoms with E-state index in [2.05, 4.69) is 15.5 Å². The van der Waals surface area contributed by atoms with Crippen LogP contribution in [0.5, 0.6) is 23.0 Å². The number of nitrogens with one attached hydrogen (secondary N) is 1. The van der Waals surface area contributed by atoms with Gasteiger partial charge in [-0.1, -0.05) is 17.7 Å². The summed E-state index contributed by atoms with van der Waals surface area (Å²) in [7, 11) is 5.81. The average Bonchev–Trinajstić information content (AvgIpc) is 2.74. The number of ketones is 1. The molecule has 1 N–H and O–H groups in total. The Bertz CT molecular complexity index is 942. The molecule has 9 nitrogen and oxygen atoms in total. The lowest BCUT2D eigenvalue weighted by molar-refractivity contribution is -0.126. The molecule has 2 rings (SSSR count).